The fourth-order valence-electron chi connectivity index (χ4n) is 4.63. The summed E-state index contributed by atoms with van der Waals surface area (Å²) in [6.07, 6.45) is 1.57. The third-order valence-electron chi connectivity index (χ3n) is 6.44. The van der Waals surface area contributed by atoms with E-state index in [-0.39, 0.29) is 30.8 Å². The molecule has 0 bridgehead atoms. The molecule has 188 valence electrons. The first-order chi connectivity index (χ1) is 17.8. The van der Waals surface area contributed by atoms with Crippen molar-refractivity contribution in [3.05, 3.63) is 95.3 Å². The zero-order chi connectivity index (χ0) is 26.2. The summed E-state index contributed by atoms with van der Waals surface area (Å²) >= 11 is 5.99. The van der Waals surface area contributed by atoms with Gasteiger partial charge in [0.05, 0.1) is 18.5 Å². The lowest BCUT2D eigenvalue weighted by atomic mass is 9.93. The summed E-state index contributed by atoms with van der Waals surface area (Å²) in [6.45, 7) is 3.66. The number of halogens is 1. The maximum absolute atomic E-state index is 13.9. The minimum Gasteiger partial charge on any atom is -0.463 e. The van der Waals surface area contributed by atoms with Gasteiger partial charge in [-0.25, -0.2) is 0 Å². The van der Waals surface area contributed by atoms with Gasteiger partial charge in [-0.3, -0.25) is 19.3 Å². The van der Waals surface area contributed by atoms with Crippen molar-refractivity contribution in [3.63, 3.8) is 0 Å². The minimum absolute atomic E-state index is 0.198. The molecule has 9 heteroatoms. The van der Waals surface area contributed by atoms with E-state index in [2.05, 4.69) is 10.6 Å². The van der Waals surface area contributed by atoms with Gasteiger partial charge < -0.3 is 19.6 Å². The van der Waals surface area contributed by atoms with Crippen LogP contribution in [-0.2, 0) is 22.7 Å². The van der Waals surface area contributed by atoms with Crippen LogP contribution < -0.4 is 15.5 Å². The van der Waals surface area contributed by atoms with Gasteiger partial charge in [0.2, 0.25) is 11.8 Å². The Kier molecular flexibility index (Phi) is 6.35. The Labute approximate surface area is 218 Å². The second kappa shape index (κ2) is 9.63. The Morgan fingerprint density at radius 3 is 2.35 bits per heavy atom. The Bertz CT molecular complexity index is 1460. The van der Waals surface area contributed by atoms with E-state index in [1.165, 1.54) is 11.8 Å². The van der Waals surface area contributed by atoms with Crippen LogP contribution in [0.4, 0.5) is 11.4 Å². The van der Waals surface area contributed by atoms with Gasteiger partial charge in [0.15, 0.2) is 0 Å². The van der Waals surface area contributed by atoms with Crippen LogP contribution in [-0.4, -0.2) is 27.8 Å². The first-order valence-corrected chi connectivity index (χ1v) is 12.1. The highest BCUT2D eigenvalue weighted by Gasteiger charge is 2.48. The van der Waals surface area contributed by atoms with Gasteiger partial charge in [0.25, 0.3) is 5.91 Å². The molecule has 8 nitrogen and oxygen atoms in total. The monoisotopic (exact) mass is 516 g/mol. The highest BCUT2D eigenvalue weighted by Crippen LogP contribution is 2.37. The first-order valence-electron chi connectivity index (χ1n) is 11.7. The topological polar surface area (TPSA) is 96.6 Å². The van der Waals surface area contributed by atoms with Crippen molar-refractivity contribution >= 4 is 40.7 Å². The Hall–Kier alpha value is -4.30. The number of nitrogens with one attached hydrogen (secondary N) is 2. The van der Waals surface area contributed by atoms with Crippen LogP contribution in [0.5, 0.6) is 0 Å². The molecule has 1 atom stereocenters. The number of aromatic nitrogens is 1. The van der Waals surface area contributed by atoms with Crippen LogP contribution >= 0.6 is 11.6 Å². The van der Waals surface area contributed by atoms with Gasteiger partial charge >= 0.3 is 0 Å². The lowest BCUT2D eigenvalue weighted by Crippen LogP contribution is -2.64. The van der Waals surface area contributed by atoms with Gasteiger partial charge in [-0.15, -0.1) is 0 Å². The molecule has 3 heterocycles. The number of hydrogen-bond donors (Lipinski definition) is 2. The van der Waals surface area contributed by atoms with E-state index in [1.807, 2.05) is 28.8 Å². The SMILES string of the molecule is CC(=O)Nc1ccc(N2C(=O)c3ccc(-c4ccco4)n3CC2(C)C(=O)NCc2ccc(Cl)cc2)cc1. The van der Waals surface area contributed by atoms with Crippen molar-refractivity contribution < 1.29 is 18.8 Å². The smallest absolute Gasteiger partial charge is 0.275 e. The number of benzene rings is 2. The number of carbonyl (C=O) groups is 3. The molecule has 0 spiro atoms. The minimum atomic E-state index is -1.27. The number of carbonyl (C=O) groups excluding carboxylic acids is 3. The molecule has 3 amide bonds. The van der Waals surface area contributed by atoms with Crippen LogP contribution in [0.3, 0.4) is 0 Å². The Morgan fingerprint density at radius 2 is 1.70 bits per heavy atom. The Balaban J connectivity index is 1.53. The zero-order valence-corrected chi connectivity index (χ0v) is 21.1. The standard InChI is InChI=1S/C28H25ClN4O4/c1-18(34)31-21-9-11-22(12-10-21)33-26(35)24-14-13-23(25-4-3-15-37-25)32(24)17-28(33,2)27(36)30-16-19-5-7-20(29)8-6-19/h3-15H,16-17H2,1-2H3,(H,30,36)(H,31,34). The van der Waals surface area contributed by atoms with E-state index in [9.17, 15) is 14.4 Å². The highest BCUT2D eigenvalue weighted by atomic mass is 35.5. The molecule has 0 radical (unpaired) electrons. The molecule has 37 heavy (non-hydrogen) atoms. The average Bonchev–Trinajstić information content (AvgIpc) is 3.54. The summed E-state index contributed by atoms with van der Waals surface area (Å²) in [4.78, 5) is 40.7. The van der Waals surface area contributed by atoms with Crippen molar-refractivity contribution in [1.82, 2.24) is 9.88 Å². The lowest BCUT2D eigenvalue weighted by Gasteiger charge is -2.44. The third kappa shape index (κ3) is 4.63. The molecule has 0 fully saturated rings. The first kappa shape index (κ1) is 24.4. The van der Waals surface area contributed by atoms with Crippen LogP contribution in [0, 0.1) is 0 Å². The maximum Gasteiger partial charge on any atom is 0.275 e. The quantitative estimate of drug-likeness (QED) is 0.373. The molecular weight excluding hydrogens is 492 g/mol. The molecule has 0 saturated heterocycles. The molecule has 1 aliphatic rings. The zero-order valence-electron chi connectivity index (χ0n) is 20.3. The summed E-state index contributed by atoms with van der Waals surface area (Å²) < 4.78 is 7.41. The maximum atomic E-state index is 13.9. The summed E-state index contributed by atoms with van der Waals surface area (Å²) in [7, 11) is 0. The number of anilines is 2. The molecule has 4 aromatic rings. The fourth-order valence-corrected chi connectivity index (χ4v) is 4.76. The van der Waals surface area contributed by atoms with E-state index < -0.39 is 5.54 Å². The summed E-state index contributed by atoms with van der Waals surface area (Å²) in [5.74, 6) is -0.223. The van der Waals surface area contributed by atoms with E-state index in [1.54, 1.807) is 61.7 Å². The highest BCUT2D eigenvalue weighted by molar-refractivity contribution is 6.30. The van der Waals surface area contributed by atoms with Crippen LogP contribution in [0.1, 0.15) is 29.9 Å². The van der Waals surface area contributed by atoms with Gasteiger partial charge in [0, 0.05) is 29.9 Å². The lowest BCUT2D eigenvalue weighted by molar-refractivity contribution is -0.126. The number of nitrogens with zero attached hydrogens (tertiary/aromatic N) is 2. The Morgan fingerprint density at radius 1 is 1.00 bits per heavy atom. The van der Waals surface area contributed by atoms with Gasteiger partial charge in [-0.2, -0.15) is 0 Å². The molecule has 0 saturated carbocycles. The summed E-state index contributed by atoms with van der Waals surface area (Å²) in [5.41, 5.74) is 1.90. The van der Waals surface area contributed by atoms with E-state index in [0.717, 1.165) is 5.56 Å². The van der Waals surface area contributed by atoms with Crippen molar-refractivity contribution in [2.75, 3.05) is 10.2 Å². The van der Waals surface area contributed by atoms with E-state index in [4.69, 9.17) is 16.0 Å². The molecule has 0 aliphatic carbocycles. The summed E-state index contributed by atoms with van der Waals surface area (Å²) in [6, 6.07) is 21.2. The predicted octanol–water partition coefficient (Wildman–Crippen LogP) is 5.10. The van der Waals surface area contributed by atoms with Gasteiger partial charge in [0.1, 0.15) is 17.0 Å². The predicted molar refractivity (Wildman–Crippen MR) is 141 cm³/mol. The summed E-state index contributed by atoms with van der Waals surface area (Å²) in [5, 5.41) is 6.33. The number of furan rings is 1. The van der Waals surface area contributed by atoms with Gasteiger partial charge in [-0.05, 0) is 73.2 Å². The van der Waals surface area contributed by atoms with Gasteiger partial charge in [-0.1, -0.05) is 23.7 Å². The third-order valence-corrected chi connectivity index (χ3v) is 6.69. The van der Waals surface area contributed by atoms with Crippen molar-refractivity contribution in [2.45, 2.75) is 32.5 Å². The number of hydrogen-bond acceptors (Lipinski definition) is 4. The molecule has 2 aromatic carbocycles. The van der Waals surface area contributed by atoms with E-state index in [0.29, 0.717) is 33.5 Å². The largest absolute Gasteiger partial charge is 0.463 e. The fraction of sp³-hybridized carbons (Fsp3) is 0.179. The molecule has 1 aliphatic heterocycles. The molecule has 5 rings (SSSR count). The molecule has 2 N–H and O–H groups in total. The second-order valence-corrected chi connectivity index (χ2v) is 9.56. The normalized spacial score (nSPS) is 16.8. The van der Waals surface area contributed by atoms with Crippen LogP contribution in [0.2, 0.25) is 5.02 Å². The van der Waals surface area contributed by atoms with Crippen LogP contribution in [0.25, 0.3) is 11.5 Å². The second-order valence-electron chi connectivity index (χ2n) is 9.12. The number of amides is 3. The molecule has 1 unspecified atom stereocenters. The average molecular weight is 517 g/mol. The molecule has 2 aromatic heterocycles. The van der Waals surface area contributed by atoms with E-state index >= 15 is 0 Å². The van der Waals surface area contributed by atoms with Crippen molar-refractivity contribution in [3.8, 4) is 11.5 Å². The number of fused-ring (bicyclic) bond motifs is 1. The van der Waals surface area contributed by atoms with Crippen molar-refractivity contribution in [1.29, 1.82) is 0 Å². The number of rotatable bonds is 6. The molecular formula is C28H25ClN4O4. The van der Waals surface area contributed by atoms with Crippen LogP contribution in [0.15, 0.2) is 83.5 Å². The van der Waals surface area contributed by atoms with Crippen molar-refractivity contribution in [2.24, 2.45) is 0 Å².